The largest absolute Gasteiger partial charge is 0.497 e. The van der Waals surface area contributed by atoms with Crippen LogP contribution in [0, 0.1) is 0 Å². The van der Waals surface area contributed by atoms with Crippen molar-refractivity contribution >= 4 is 28.6 Å². The summed E-state index contributed by atoms with van der Waals surface area (Å²) in [5, 5.41) is 6.71. The van der Waals surface area contributed by atoms with Gasteiger partial charge in [-0.25, -0.2) is 9.97 Å². The Kier molecular flexibility index (Phi) is 5.04. The number of rotatable bonds is 6. The first-order valence-electron chi connectivity index (χ1n) is 9.98. The summed E-state index contributed by atoms with van der Waals surface area (Å²) in [5.41, 5.74) is 4.48. The number of anilines is 1. The molecule has 7 heteroatoms. The molecule has 0 spiro atoms. The Balaban J connectivity index is 1.54. The smallest absolute Gasteiger partial charge is 0.191 e. The second-order valence-electron chi connectivity index (χ2n) is 7.34. The maximum Gasteiger partial charge on any atom is 0.191 e. The fraction of sp³-hybridized carbons (Fsp3) is 0.261. The van der Waals surface area contributed by atoms with Gasteiger partial charge >= 0.3 is 0 Å². The van der Waals surface area contributed by atoms with Crippen molar-refractivity contribution in [1.29, 1.82) is 0 Å². The van der Waals surface area contributed by atoms with E-state index in [0.717, 1.165) is 53.8 Å². The summed E-state index contributed by atoms with van der Waals surface area (Å²) in [4.78, 5) is 11.9. The molecule has 30 heavy (non-hydrogen) atoms. The van der Waals surface area contributed by atoms with Crippen molar-refractivity contribution in [1.82, 2.24) is 19.7 Å². The first-order valence-corrected chi connectivity index (χ1v) is 11.2. The predicted octanol–water partition coefficient (Wildman–Crippen LogP) is 4.17. The summed E-state index contributed by atoms with van der Waals surface area (Å²) in [6, 6.07) is 18.7. The summed E-state index contributed by atoms with van der Waals surface area (Å²) in [7, 11) is 1.69. The van der Waals surface area contributed by atoms with Gasteiger partial charge in [0.25, 0.3) is 0 Å². The molecule has 1 aliphatic heterocycles. The Labute approximate surface area is 179 Å². The van der Waals surface area contributed by atoms with Crippen LogP contribution in [0.2, 0.25) is 0 Å². The van der Waals surface area contributed by atoms with Crippen LogP contribution in [0.1, 0.15) is 16.8 Å². The molecule has 0 atom stereocenters. The summed E-state index contributed by atoms with van der Waals surface area (Å²) in [6.07, 6.45) is 2.93. The number of thioether (sulfide) groups is 1. The van der Waals surface area contributed by atoms with Gasteiger partial charge in [-0.15, -0.1) is 0 Å². The monoisotopic (exact) mass is 417 g/mol. The van der Waals surface area contributed by atoms with Crippen LogP contribution in [-0.2, 0) is 19.5 Å². The molecule has 0 aliphatic carbocycles. The Hall–Kier alpha value is -3.06. The molecular formula is C23H23N5OS. The zero-order chi connectivity index (χ0) is 20.5. The van der Waals surface area contributed by atoms with E-state index >= 15 is 0 Å². The van der Waals surface area contributed by atoms with Gasteiger partial charge in [-0.3, -0.25) is 4.68 Å². The molecule has 6 nitrogen and oxygen atoms in total. The van der Waals surface area contributed by atoms with Gasteiger partial charge in [0.2, 0.25) is 0 Å². The summed E-state index contributed by atoms with van der Waals surface area (Å²) < 4.78 is 7.39. The SMILES string of the molecule is COc1ccc(CN2CCc3c4c2nc(SC)nc4nn3Cc2ccccc2)cc1. The van der Waals surface area contributed by atoms with E-state index in [2.05, 4.69) is 46.0 Å². The molecule has 0 radical (unpaired) electrons. The van der Waals surface area contributed by atoms with Crippen molar-refractivity contribution in [2.75, 3.05) is 24.8 Å². The molecule has 3 heterocycles. The van der Waals surface area contributed by atoms with Gasteiger partial charge in [0.15, 0.2) is 10.8 Å². The number of hydrogen-bond donors (Lipinski definition) is 0. The molecule has 152 valence electrons. The number of aromatic nitrogens is 4. The van der Waals surface area contributed by atoms with Crippen LogP contribution in [0.25, 0.3) is 11.0 Å². The van der Waals surface area contributed by atoms with Crippen molar-refractivity contribution in [3.8, 4) is 5.75 Å². The summed E-state index contributed by atoms with van der Waals surface area (Å²) >= 11 is 1.55. The molecule has 0 unspecified atom stereocenters. The number of nitrogens with zero attached hydrogens (tertiary/aromatic N) is 5. The van der Waals surface area contributed by atoms with E-state index < -0.39 is 0 Å². The van der Waals surface area contributed by atoms with Gasteiger partial charge in [0.1, 0.15) is 11.6 Å². The van der Waals surface area contributed by atoms with E-state index in [1.165, 1.54) is 16.8 Å². The third kappa shape index (κ3) is 3.50. The average Bonchev–Trinajstić information content (AvgIpc) is 3.14. The predicted molar refractivity (Wildman–Crippen MR) is 120 cm³/mol. The van der Waals surface area contributed by atoms with Crippen LogP contribution in [0.5, 0.6) is 5.75 Å². The van der Waals surface area contributed by atoms with E-state index in [1.807, 2.05) is 24.5 Å². The lowest BCUT2D eigenvalue weighted by atomic mass is 10.1. The van der Waals surface area contributed by atoms with Gasteiger partial charge in [-0.1, -0.05) is 54.2 Å². The van der Waals surface area contributed by atoms with Crippen LogP contribution in [0.15, 0.2) is 59.8 Å². The molecule has 0 N–H and O–H groups in total. The molecule has 4 aromatic rings. The second-order valence-corrected chi connectivity index (χ2v) is 8.12. The fourth-order valence-electron chi connectivity index (χ4n) is 3.97. The lowest BCUT2D eigenvalue weighted by Gasteiger charge is -2.28. The normalized spacial score (nSPS) is 13.1. The van der Waals surface area contributed by atoms with Crippen LogP contribution < -0.4 is 9.64 Å². The van der Waals surface area contributed by atoms with E-state index in [1.54, 1.807) is 18.9 Å². The molecule has 0 saturated heterocycles. The molecule has 0 bridgehead atoms. The maximum absolute atomic E-state index is 5.29. The minimum atomic E-state index is 0.749. The standard InChI is InChI=1S/C23H23N5OS/c1-29-18-10-8-17(9-11-18)14-27-13-12-19-20-21(24-23(30-2)25-22(20)27)26-28(19)15-16-6-4-3-5-7-16/h3-11H,12-15H2,1-2H3. The fourth-order valence-corrected chi connectivity index (χ4v) is 4.32. The quantitative estimate of drug-likeness (QED) is 0.347. The molecule has 1 aliphatic rings. The first-order chi connectivity index (χ1) is 14.7. The highest BCUT2D eigenvalue weighted by Gasteiger charge is 2.27. The third-order valence-corrected chi connectivity index (χ3v) is 6.02. The highest BCUT2D eigenvalue weighted by atomic mass is 32.2. The Bertz CT molecular complexity index is 1170. The number of ether oxygens (including phenoxy) is 1. The zero-order valence-electron chi connectivity index (χ0n) is 17.1. The van der Waals surface area contributed by atoms with Crippen LogP contribution in [-0.4, -0.2) is 39.7 Å². The summed E-state index contributed by atoms with van der Waals surface area (Å²) in [6.45, 7) is 2.45. The average molecular weight is 418 g/mol. The topological polar surface area (TPSA) is 56.1 Å². The highest BCUT2D eigenvalue weighted by Crippen LogP contribution is 2.34. The van der Waals surface area contributed by atoms with Crippen molar-refractivity contribution in [2.24, 2.45) is 0 Å². The van der Waals surface area contributed by atoms with Gasteiger partial charge in [-0.2, -0.15) is 5.10 Å². The first kappa shape index (κ1) is 18.9. The van der Waals surface area contributed by atoms with Crippen molar-refractivity contribution < 1.29 is 4.74 Å². The zero-order valence-corrected chi connectivity index (χ0v) is 17.9. The number of hydrogen-bond acceptors (Lipinski definition) is 6. The number of benzene rings is 2. The Morgan fingerprint density at radius 3 is 2.47 bits per heavy atom. The van der Waals surface area contributed by atoms with E-state index in [-0.39, 0.29) is 0 Å². The van der Waals surface area contributed by atoms with Crippen molar-refractivity contribution in [3.05, 3.63) is 71.4 Å². The lowest BCUT2D eigenvalue weighted by molar-refractivity contribution is 0.414. The van der Waals surface area contributed by atoms with E-state index in [4.69, 9.17) is 19.8 Å². The molecule has 2 aromatic heterocycles. The van der Waals surface area contributed by atoms with Crippen molar-refractivity contribution in [3.63, 3.8) is 0 Å². The van der Waals surface area contributed by atoms with Crippen LogP contribution >= 0.6 is 11.8 Å². The van der Waals surface area contributed by atoms with Gasteiger partial charge < -0.3 is 9.64 Å². The van der Waals surface area contributed by atoms with E-state index in [0.29, 0.717) is 0 Å². The minimum Gasteiger partial charge on any atom is -0.497 e. The minimum absolute atomic E-state index is 0.749. The Morgan fingerprint density at radius 2 is 1.73 bits per heavy atom. The Morgan fingerprint density at radius 1 is 0.967 bits per heavy atom. The molecule has 2 aromatic carbocycles. The second kappa shape index (κ2) is 7.99. The van der Waals surface area contributed by atoms with Gasteiger partial charge in [0.05, 0.1) is 24.7 Å². The maximum atomic E-state index is 5.29. The molecule has 0 saturated carbocycles. The highest BCUT2D eigenvalue weighted by molar-refractivity contribution is 7.98. The molecular weight excluding hydrogens is 394 g/mol. The molecule has 0 amide bonds. The van der Waals surface area contributed by atoms with Crippen LogP contribution in [0.3, 0.4) is 0 Å². The van der Waals surface area contributed by atoms with Gasteiger partial charge in [-0.05, 0) is 29.5 Å². The van der Waals surface area contributed by atoms with E-state index in [9.17, 15) is 0 Å². The third-order valence-electron chi connectivity index (χ3n) is 5.47. The lowest BCUT2D eigenvalue weighted by Crippen LogP contribution is -2.30. The van der Waals surface area contributed by atoms with Crippen LogP contribution in [0.4, 0.5) is 5.82 Å². The number of methoxy groups -OCH3 is 1. The molecule has 0 fully saturated rings. The van der Waals surface area contributed by atoms with Gasteiger partial charge in [0, 0.05) is 19.5 Å². The molecule has 5 rings (SSSR count). The van der Waals surface area contributed by atoms with Crippen molar-refractivity contribution in [2.45, 2.75) is 24.7 Å². The summed E-state index contributed by atoms with van der Waals surface area (Å²) in [5.74, 6) is 1.86.